The van der Waals surface area contributed by atoms with E-state index in [2.05, 4.69) is 10.3 Å². The van der Waals surface area contributed by atoms with Crippen molar-refractivity contribution in [2.45, 2.75) is 25.4 Å². The number of rotatable bonds is 4. The SMILES string of the molecule is O=C(Cc1c[nH]c2ccccc12)NC[C@@H]1CCCO1. The van der Waals surface area contributed by atoms with Crippen molar-refractivity contribution in [1.82, 2.24) is 10.3 Å². The van der Waals surface area contributed by atoms with E-state index >= 15 is 0 Å². The summed E-state index contributed by atoms with van der Waals surface area (Å²) in [5.41, 5.74) is 2.12. The first-order valence-electron chi connectivity index (χ1n) is 6.76. The molecule has 1 fully saturated rings. The van der Waals surface area contributed by atoms with Crippen LogP contribution in [0.15, 0.2) is 30.5 Å². The van der Waals surface area contributed by atoms with E-state index < -0.39 is 0 Å². The Morgan fingerprint density at radius 2 is 2.32 bits per heavy atom. The minimum absolute atomic E-state index is 0.0558. The van der Waals surface area contributed by atoms with E-state index in [-0.39, 0.29) is 12.0 Å². The van der Waals surface area contributed by atoms with Gasteiger partial charge in [0.1, 0.15) is 0 Å². The molecule has 1 aliphatic rings. The van der Waals surface area contributed by atoms with Crippen LogP contribution in [0.2, 0.25) is 0 Å². The van der Waals surface area contributed by atoms with Crippen molar-refractivity contribution < 1.29 is 9.53 Å². The van der Waals surface area contributed by atoms with Crippen LogP contribution in [0.4, 0.5) is 0 Å². The van der Waals surface area contributed by atoms with Crippen molar-refractivity contribution in [1.29, 1.82) is 0 Å². The summed E-state index contributed by atoms with van der Waals surface area (Å²) in [4.78, 5) is 15.1. The Labute approximate surface area is 112 Å². The standard InChI is InChI=1S/C15H18N2O2/c18-15(17-10-12-4-3-7-19-12)8-11-9-16-14-6-2-1-5-13(11)14/h1-2,5-6,9,12,16H,3-4,7-8,10H2,(H,17,18)/t12-/m0/s1. The van der Waals surface area contributed by atoms with Crippen LogP contribution in [0.5, 0.6) is 0 Å². The van der Waals surface area contributed by atoms with Gasteiger partial charge in [-0.25, -0.2) is 0 Å². The van der Waals surface area contributed by atoms with Crippen LogP contribution < -0.4 is 5.32 Å². The van der Waals surface area contributed by atoms with E-state index in [0.717, 1.165) is 35.9 Å². The number of hydrogen-bond acceptors (Lipinski definition) is 2. The first kappa shape index (κ1) is 12.2. The normalized spacial score (nSPS) is 18.8. The fourth-order valence-electron chi connectivity index (χ4n) is 2.55. The third-order valence-electron chi connectivity index (χ3n) is 3.58. The van der Waals surface area contributed by atoms with E-state index in [0.29, 0.717) is 13.0 Å². The number of fused-ring (bicyclic) bond motifs is 1. The molecule has 19 heavy (non-hydrogen) atoms. The molecule has 2 heterocycles. The van der Waals surface area contributed by atoms with Crippen molar-refractivity contribution in [2.75, 3.05) is 13.2 Å². The van der Waals surface area contributed by atoms with Gasteiger partial charge >= 0.3 is 0 Å². The first-order chi connectivity index (χ1) is 9.33. The summed E-state index contributed by atoms with van der Waals surface area (Å²) in [6.45, 7) is 1.45. The molecule has 2 N–H and O–H groups in total. The lowest BCUT2D eigenvalue weighted by Gasteiger charge is -2.10. The summed E-state index contributed by atoms with van der Waals surface area (Å²) in [6.07, 6.45) is 4.68. The first-order valence-corrected chi connectivity index (χ1v) is 6.76. The van der Waals surface area contributed by atoms with Gasteiger partial charge in [0, 0.05) is 30.3 Å². The summed E-state index contributed by atoms with van der Waals surface area (Å²) in [7, 11) is 0. The number of nitrogens with one attached hydrogen (secondary N) is 2. The van der Waals surface area contributed by atoms with Crippen molar-refractivity contribution in [3.05, 3.63) is 36.0 Å². The number of H-pyrrole nitrogens is 1. The molecule has 1 aliphatic heterocycles. The van der Waals surface area contributed by atoms with Gasteiger partial charge in [-0.2, -0.15) is 0 Å². The fraction of sp³-hybridized carbons (Fsp3) is 0.400. The molecular weight excluding hydrogens is 240 g/mol. The van der Waals surface area contributed by atoms with Crippen LogP contribution >= 0.6 is 0 Å². The predicted molar refractivity (Wildman–Crippen MR) is 74.0 cm³/mol. The van der Waals surface area contributed by atoms with Gasteiger partial charge in [0.2, 0.25) is 5.91 Å². The van der Waals surface area contributed by atoms with Crippen LogP contribution in [0.25, 0.3) is 10.9 Å². The second-order valence-electron chi connectivity index (χ2n) is 4.98. The highest BCUT2D eigenvalue weighted by Gasteiger charge is 2.16. The number of benzene rings is 1. The molecule has 1 aromatic heterocycles. The molecule has 0 radical (unpaired) electrons. The molecule has 1 atom stereocenters. The molecule has 0 aliphatic carbocycles. The summed E-state index contributed by atoms with van der Waals surface area (Å²) in [5.74, 6) is 0.0558. The van der Waals surface area contributed by atoms with Gasteiger partial charge in [0.15, 0.2) is 0 Å². The Morgan fingerprint density at radius 3 is 3.16 bits per heavy atom. The van der Waals surface area contributed by atoms with Crippen LogP contribution in [0.3, 0.4) is 0 Å². The van der Waals surface area contributed by atoms with Gasteiger partial charge in [-0.15, -0.1) is 0 Å². The second-order valence-corrected chi connectivity index (χ2v) is 4.98. The van der Waals surface area contributed by atoms with E-state index in [1.54, 1.807) is 0 Å². The third-order valence-corrected chi connectivity index (χ3v) is 3.58. The number of hydrogen-bond donors (Lipinski definition) is 2. The van der Waals surface area contributed by atoms with Gasteiger partial charge in [0.05, 0.1) is 12.5 Å². The zero-order valence-corrected chi connectivity index (χ0v) is 10.8. The quantitative estimate of drug-likeness (QED) is 0.881. The molecule has 4 nitrogen and oxygen atoms in total. The number of carbonyl (C=O) groups is 1. The molecule has 100 valence electrons. The summed E-state index contributed by atoms with van der Waals surface area (Å²) in [6, 6.07) is 8.03. The number of carbonyl (C=O) groups excluding carboxylic acids is 1. The van der Waals surface area contributed by atoms with E-state index in [1.807, 2.05) is 30.5 Å². The molecule has 2 aromatic rings. The van der Waals surface area contributed by atoms with Crippen molar-refractivity contribution in [2.24, 2.45) is 0 Å². The molecule has 4 heteroatoms. The molecule has 0 bridgehead atoms. The lowest BCUT2D eigenvalue weighted by atomic mass is 10.1. The van der Waals surface area contributed by atoms with Crippen molar-refractivity contribution in [3.63, 3.8) is 0 Å². The van der Waals surface area contributed by atoms with E-state index in [1.165, 1.54) is 0 Å². The highest BCUT2D eigenvalue weighted by molar-refractivity contribution is 5.88. The summed E-state index contributed by atoms with van der Waals surface area (Å²) >= 11 is 0. The Kier molecular flexibility index (Phi) is 3.51. The Bertz CT molecular complexity index is 570. The maximum atomic E-state index is 11.9. The van der Waals surface area contributed by atoms with Gasteiger partial charge in [0.25, 0.3) is 0 Å². The molecule has 1 aromatic carbocycles. The lowest BCUT2D eigenvalue weighted by molar-refractivity contribution is -0.120. The summed E-state index contributed by atoms with van der Waals surface area (Å²) < 4.78 is 5.49. The van der Waals surface area contributed by atoms with Crippen LogP contribution in [-0.4, -0.2) is 30.1 Å². The molecule has 1 saturated heterocycles. The molecular formula is C15H18N2O2. The number of para-hydroxylation sites is 1. The highest BCUT2D eigenvalue weighted by Crippen LogP contribution is 2.18. The molecule has 0 unspecified atom stereocenters. The smallest absolute Gasteiger partial charge is 0.224 e. The topological polar surface area (TPSA) is 54.1 Å². The van der Waals surface area contributed by atoms with Crippen molar-refractivity contribution >= 4 is 16.8 Å². The van der Waals surface area contributed by atoms with Gasteiger partial charge in [-0.3, -0.25) is 4.79 Å². The fourth-order valence-corrected chi connectivity index (χ4v) is 2.55. The van der Waals surface area contributed by atoms with Gasteiger partial charge < -0.3 is 15.0 Å². The van der Waals surface area contributed by atoms with Crippen LogP contribution in [0.1, 0.15) is 18.4 Å². The third kappa shape index (κ3) is 2.79. The van der Waals surface area contributed by atoms with E-state index in [9.17, 15) is 4.79 Å². The van der Waals surface area contributed by atoms with Crippen molar-refractivity contribution in [3.8, 4) is 0 Å². The number of aromatic amines is 1. The number of amides is 1. The molecule has 0 spiro atoms. The minimum Gasteiger partial charge on any atom is -0.376 e. The molecule has 0 saturated carbocycles. The Balaban J connectivity index is 1.59. The molecule has 1 amide bonds. The van der Waals surface area contributed by atoms with Crippen LogP contribution in [0, 0.1) is 0 Å². The van der Waals surface area contributed by atoms with Crippen LogP contribution in [-0.2, 0) is 16.0 Å². The average Bonchev–Trinajstić information content (AvgIpc) is 3.07. The molecule has 3 rings (SSSR count). The van der Waals surface area contributed by atoms with Gasteiger partial charge in [-0.1, -0.05) is 18.2 Å². The zero-order valence-electron chi connectivity index (χ0n) is 10.8. The van der Waals surface area contributed by atoms with Gasteiger partial charge in [-0.05, 0) is 24.5 Å². The maximum Gasteiger partial charge on any atom is 0.224 e. The predicted octanol–water partition coefficient (Wildman–Crippen LogP) is 2.01. The number of ether oxygens (including phenoxy) is 1. The monoisotopic (exact) mass is 258 g/mol. The minimum atomic E-state index is 0.0558. The Hall–Kier alpha value is -1.81. The lowest BCUT2D eigenvalue weighted by Crippen LogP contribution is -2.32. The average molecular weight is 258 g/mol. The zero-order chi connectivity index (χ0) is 13.1. The summed E-state index contributed by atoms with van der Waals surface area (Å²) in [5, 5.41) is 4.07. The highest BCUT2D eigenvalue weighted by atomic mass is 16.5. The van der Waals surface area contributed by atoms with E-state index in [4.69, 9.17) is 4.74 Å². The second kappa shape index (κ2) is 5.45. The number of aromatic nitrogens is 1. The maximum absolute atomic E-state index is 11.9. The largest absolute Gasteiger partial charge is 0.376 e. The Morgan fingerprint density at radius 1 is 1.42 bits per heavy atom.